The van der Waals surface area contributed by atoms with Gasteiger partial charge in [-0.3, -0.25) is 4.68 Å². The third-order valence-electron chi connectivity index (χ3n) is 5.26. The van der Waals surface area contributed by atoms with Gasteiger partial charge in [0, 0.05) is 17.0 Å². The molecule has 0 radical (unpaired) electrons. The van der Waals surface area contributed by atoms with Gasteiger partial charge >= 0.3 is 5.97 Å². The Kier molecular flexibility index (Phi) is 5.28. The van der Waals surface area contributed by atoms with Gasteiger partial charge in [0.2, 0.25) is 0 Å². The summed E-state index contributed by atoms with van der Waals surface area (Å²) in [4.78, 5) is 12.8. The van der Waals surface area contributed by atoms with Crippen LogP contribution in [0.25, 0.3) is 5.69 Å². The zero-order valence-corrected chi connectivity index (χ0v) is 16.5. The van der Waals surface area contributed by atoms with E-state index in [0.29, 0.717) is 12.2 Å². The molecule has 6 heteroatoms. The van der Waals surface area contributed by atoms with Crippen LogP contribution in [-0.4, -0.2) is 32.1 Å². The minimum Gasteiger partial charge on any atom is -0.459 e. The van der Waals surface area contributed by atoms with Crippen molar-refractivity contribution in [3.63, 3.8) is 0 Å². The lowest BCUT2D eigenvalue weighted by Gasteiger charge is -2.06. The Bertz CT molecular complexity index is 972. The van der Waals surface area contributed by atoms with Gasteiger partial charge in [-0.25, -0.2) is 9.48 Å². The Morgan fingerprint density at radius 1 is 1.07 bits per heavy atom. The summed E-state index contributed by atoms with van der Waals surface area (Å²) in [7, 11) is 0. The number of rotatable bonds is 5. The van der Waals surface area contributed by atoms with E-state index in [9.17, 15) is 4.79 Å². The van der Waals surface area contributed by atoms with Crippen LogP contribution in [0.5, 0.6) is 0 Å². The van der Waals surface area contributed by atoms with E-state index in [-0.39, 0.29) is 12.6 Å². The van der Waals surface area contributed by atoms with Gasteiger partial charge in [-0.2, -0.15) is 10.2 Å². The summed E-state index contributed by atoms with van der Waals surface area (Å²) in [5, 5.41) is 9.08. The Labute approximate surface area is 165 Å². The molecule has 3 aromatic rings. The van der Waals surface area contributed by atoms with Gasteiger partial charge in [-0.1, -0.05) is 24.6 Å². The van der Waals surface area contributed by atoms with E-state index < -0.39 is 0 Å². The molecule has 1 aliphatic rings. The van der Waals surface area contributed by atoms with E-state index in [1.807, 2.05) is 59.6 Å². The van der Waals surface area contributed by atoms with E-state index in [2.05, 4.69) is 10.2 Å². The Hall–Kier alpha value is -2.89. The van der Waals surface area contributed by atoms with E-state index >= 15 is 0 Å². The fourth-order valence-corrected chi connectivity index (χ4v) is 3.92. The fourth-order valence-electron chi connectivity index (χ4n) is 3.92. The van der Waals surface area contributed by atoms with Crippen molar-refractivity contribution in [3.8, 4) is 5.69 Å². The molecule has 2 aromatic heterocycles. The minimum absolute atomic E-state index is 0.285. The first-order valence-electron chi connectivity index (χ1n) is 9.98. The maximum Gasteiger partial charge on any atom is 0.359 e. The lowest BCUT2D eigenvalue weighted by Crippen LogP contribution is -2.15. The molecule has 0 spiro atoms. The zero-order valence-electron chi connectivity index (χ0n) is 16.5. The van der Waals surface area contributed by atoms with Crippen LogP contribution in [0.4, 0.5) is 0 Å². The summed E-state index contributed by atoms with van der Waals surface area (Å²) < 4.78 is 9.37. The highest BCUT2D eigenvalue weighted by Crippen LogP contribution is 2.26. The van der Waals surface area contributed by atoms with Crippen molar-refractivity contribution in [3.05, 3.63) is 64.7 Å². The average Bonchev–Trinajstić information content (AvgIpc) is 3.11. The molecule has 0 N–H and O–H groups in total. The molecule has 0 amide bonds. The van der Waals surface area contributed by atoms with Gasteiger partial charge in [0.25, 0.3) is 0 Å². The van der Waals surface area contributed by atoms with Crippen molar-refractivity contribution in [1.82, 2.24) is 19.6 Å². The smallest absolute Gasteiger partial charge is 0.359 e. The van der Waals surface area contributed by atoms with Crippen LogP contribution in [0.2, 0.25) is 0 Å². The minimum atomic E-state index is -0.339. The van der Waals surface area contributed by atoms with Crippen molar-refractivity contribution in [2.24, 2.45) is 0 Å². The SMILES string of the molecule is Cc1cc(C)n(CCOC(=O)c2nn(-c3ccccc3)c3c2CCCCC3)n1. The summed E-state index contributed by atoms with van der Waals surface area (Å²) in [6.07, 6.45) is 5.20. The van der Waals surface area contributed by atoms with E-state index in [0.717, 1.165) is 54.0 Å². The largest absolute Gasteiger partial charge is 0.459 e. The molecule has 2 heterocycles. The molecule has 0 fully saturated rings. The van der Waals surface area contributed by atoms with Gasteiger partial charge in [0.1, 0.15) is 6.61 Å². The molecule has 0 bridgehead atoms. The number of hydrogen-bond acceptors (Lipinski definition) is 4. The molecule has 4 rings (SSSR count). The van der Waals surface area contributed by atoms with Crippen molar-refractivity contribution < 1.29 is 9.53 Å². The topological polar surface area (TPSA) is 61.9 Å². The number of fused-ring (bicyclic) bond motifs is 1. The summed E-state index contributed by atoms with van der Waals surface area (Å²) >= 11 is 0. The van der Waals surface area contributed by atoms with Gasteiger partial charge < -0.3 is 4.74 Å². The van der Waals surface area contributed by atoms with Crippen LogP contribution in [0.3, 0.4) is 0 Å². The first-order valence-corrected chi connectivity index (χ1v) is 9.98. The molecule has 1 aromatic carbocycles. The lowest BCUT2D eigenvalue weighted by molar-refractivity contribution is 0.0478. The van der Waals surface area contributed by atoms with Crippen LogP contribution in [0.1, 0.15) is 52.4 Å². The number of carbonyl (C=O) groups excluding carboxylic acids is 1. The van der Waals surface area contributed by atoms with Crippen LogP contribution >= 0.6 is 0 Å². The van der Waals surface area contributed by atoms with Gasteiger partial charge in [-0.15, -0.1) is 0 Å². The van der Waals surface area contributed by atoms with Crippen molar-refractivity contribution in [2.75, 3.05) is 6.61 Å². The standard InChI is InChI=1S/C22H26N4O2/c1-16-15-17(2)25(23-16)13-14-28-22(27)21-19-11-7-4-8-12-20(19)26(24-21)18-9-5-3-6-10-18/h3,5-6,9-10,15H,4,7-8,11-14H2,1-2H3. The van der Waals surface area contributed by atoms with E-state index in [1.54, 1.807) is 0 Å². The highest BCUT2D eigenvalue weighted by molar-refractivity contribution is 5.89. The van der Waals surface area contributed by atoms with Crippen molar-refractivity contribution in [1.29, 1.82) is 0 Å². The normalized spacial score (nSPS) is 13.8. The van der Waals surface area contributed by atoms with Crippen LogP contribution in [0.15, 0.2) is 36.4 Å². The second kappa shape index (κ2) is 8.00. The van der Waals surface area contributed by atoms with Crippen molar-refractivity contribution in [2.45, 2.75) is 52.5 Å². The molecule has 0 aliphatic heterocycles. The van der Waals surface area contributed by atoms with E-state index in [4.69, 9.17) is 4.74 Å². The first kappa shape index (κ1) is 18.5. The Balaban J connectivity index is 1.55. The maximum absolute atomic E-state index is 12.8. The number of esters is 1. The number of hydrogen-bond donors (Lipinski definition) is 0. The summed E-state index contributed by atoms with van der Waals surface area (Å²) in [6.45, 7) is 4.80. The quantitative estimate of drug-likeness (QED) is 0.500. The van der Waals surface area contributed by atoms with E-state index in [1.165, 1.54) is 6.42 Å². The molecular formula is C22H26N4O2. The predicted octanol–water partition coefficient (Wildman–Crippen LogP) is 3.81. The molecule has 0 saturated carbocycles. The molecule has 146 valence electrons. The second-order valence-electron chi connectivity index (χ2n) is 7.37. The first-order chi connectivity index (χ1) is 13.6. The van der Waals surface area contributed by atoms with Gasteiger partial charge in [0.15, 0.2) is 5.69 Å². The number of carbonyl (C=O) groups is 1. The zero-order chi connectivity index (χ0) is 19.5. The monoisotopic (exact) mass is 378 g/mol. The van der Waals surface area contributed by atoms with Crippen LogP contribution < -0.4 is 0 Å². The number of nitrogens with zero attached hydrogens (tertiary/aromatic N) is 4. The highest BCUT2D eigenvalue weighted by Gasteiger charge is 2.25. The third-order valence-corrected chi connectivity index (χ3v) is 5.26. The lowest BCUT2D eigenvalue weighted by atomic mass is 10.1. The van der Waals surface area contributed by atoms with Crippen LogP contribution in [0, 0.1) is 13.8 Å². The molecular weight excluding hydrogens is 352 g/mol. The molecule has 0 atom stereocenters. The number of benzene rings is 1. The molecule has 0 unspecified atom stereocenters. The maximum atomic E-state index is 12.8. The number of aryl methyl sites for hydroxylation is 2. The fraction of sp³-hybridized carbons (Fsp3) is 0.409. The second-order valence-corrected chi connectivity index (χ2v) is 7.37. The average molecular weight is 378 g/mol. The van der Waals surface area contributed by atoms with Gasteiger partial charge in [-0.05, 0) is 57.7 Å². The molecule has 1 aliphatic carbocycles. The molecule has 6 nitrogen and oxygen atoms in total. The summed E-state index contributed by atoms with van der Waals surface area (Å²) in [5.41, 5.74) is 5.69. The predicted molar refractivity (Wildman–Crippen MR) is 107 cm³/mol. The number of ether oxygens (including phenoxy) is 1. The third kappa shape index (κ3) is 3.72. The van der Waals surface area contributed by atoms with Gasteiger partial charge in [0.05, 0.1) is 17.9 Å². The summed E-state index contributed by atoms with van der Waals surface area (Å²) in [5.74, 6) is -0.339. The van der Waals surface area contributed by atoms with Crippen molar-refractivity contribution >= 4 is 5.97 Å². The Morgan fingerprint density at radius 2 is 1.86 bits per heavy atom. The highest BCUT2D eigenvalue weighted by atomic mass is 16.5. The van der Waals surface area contributed by atoms with Crippen LogP contribution in [-0.2, 0) is 24.1 Å². The number of para-hydroxylation sites is 1. The number of aromatic nitrogens is 4. The molecule has 0 saturated heterocycles. The molecule has 28 heavy (non-hydrogen) atoms. The Morgan fingerprint density at radius 3 is 2.61 bits per heavy atom. The summed E-state index contributed by atoms with van der Waals surface area (Å²) in [6, 6.07) is 12.0.